The van der Waals surface area contributed by atoms with Crippen molar-refractivity contribution in [1.29, 1.82) is 0 Å². The van der Waals surface area contributed by atoms with Crippen molar-refractivity contribution in [3.63, 3.8) is 0 Å². The lowest BCUT2D eigenvalue weighted by molar-refractivity contribution is 0.0298. The number of anilines is 1. The standard InChI is InChI=1S/C13H19N3O2/c1-9-8-16(7-6-12(9)17)13(18)10-4-2-3-5-11(10)15-14/h2-5,9,12,15,17H,6-8,14H2,1H3. The van der Waals surface area contributed by atoms with Crippen LogP contribution in [-0.2, 0) is 0 Å². The first-order chi connectivity index (χ1) is 8.63. The Balaban J connectivity index is 2.16. The normalized spacial score (nSPS) is 23.8. The van der Waals surface area contributed by atoms with Crippen LogP contribution in [0.4, 0.5) is 5.69 Å². The van der Waals surface area contributed by atoms with Crippen LogP contribution in [0.1, 0.15) is 23.7 Å². The first kappa shape index (κ1) is 12.9. The number of hydrazine groups is 1. The third-order valence-electron chi connectivity index (χ3n) is 3.46. The summed E-state index contributed by atoms with van der Waals surface area (Å²) in [7, 11) is 0. The van der Waals surface area contributed by atoms with Crippen molar-refractivity contribution in [2.24, 2.45) is 11.8 Å². The average Bonchev–Trinajstić information content (AvgIpc) is 2.41. The SMILES string of the molecule is CC1CN(C(=O)c2ccccc2NN)CCC1O. The van der Waals surface area contributed by atoms with E-state index in [1.807, 2.05) is 19.1 Å². The lowest BCUT2D eigenvalue weighted by Gasteiger charge is -2.34. The summed E-state index contributed by atoms with van der Waals surface area (Å²) < 4.78 is 0. The van der Waals surface area contributed by atoms with E-state index in [0.29, 0.717) is 30.8 Å². The minimum absolute atomic E-state index is 0.0395. The highest BCUT2D eigenvalue weighted by molar-refractivity contribution is 5.99. The number of carbonyl (C=O) groups excluding carboxylic acids is 1. The quantitative estimate of drug-likeness (QED) is 0.535. The second kappa shape index (κ2) is 5.37. The molecule has 0 aromatic heterocycles. The molecule has 0 aliphatic carbocycles. The maximum atomic E-state index is 12.4. The van der Waals surface area contributed by atoms with Crippen molar-refractivity contribution in [2.75, 3.05) is 18.5 Å². The molecule has 2 rings (SSSR count). The number of benzene rings is 1. The van der Waals surface area contributed by atoms with Gasteiger partial charge in [0.15, 0.2) is 0 Å². The molecule has 1 fully saturated rings. The third kappa shape index (κ3) is 2.47. The Hall–Kier alpha value is -1.59. The Kier molecular flexibility index (Phi) is 3.84. The number of para-hydroxylation sites is 1. The van der Waals surface area contributed by atoms with Gasteiger partial charge in [-0.25, -0.2) is 0 Å². The fourth-order valence-electron chi connectivity index (χ4n) is 2.28. The van der Waals surface area contributed by atoms with E-state index >= 15 is 0 Å². The number of nitrogen functional groups attached to an aromatic ring is 1. The molecule has 1 aromatic carbocycles. The molecule has 0 radical (unpaired) electrons. The van der Waals surface area contributed by atoms with E-state index in [0.717, 1.165) is 0 Å². The number of aliphatic hydroxyl groups excluding tert-OH is 1. The Morgan fingerprint density at radius 1 is 1.50 bits per heavy atom. The van der Waals surface area contributed by atoms with Crippen LogP contribution in [0.2, 0.25) is 0 Å². The summed E-state index contributed by atoms with van der Waals surface area (Å²) >= 11 is 0. The van der Waals surface area contributed by atoms with Crippen molar-refractivity contribution in [3.05, 3.63) is 29.8 Å². The molecule has 1 aliphatic rings. The van der Waals surface area contributed by atoms with Gasteiger partial charge in [-0.1, -0.05) is 19.1 Å². The van der Waals surface area contributed by atoms with E-state index in [9.17, 15) is 9.90 Å². The highest BCUT2D eigenvalue weighted by Gasteiger charge is 2.28. The molecule has 1 heterocycles. The molecule has 5 heteroatoms. The van der Waals surface area contributed by atoms with Crippen molar-refractivity contribution < 1.29 is 9.90 Å². The predicted octanol–water partition coefficient (Wildman–Crippen LogP) is 0.815. The topological polar surface area (TPSA) is 78.6 Å². The molecule has 98 valence electrons. The Bertz CT molecular complexity index is 436. The van der Waals surface area contributed by atoms with Gasteiger partial charge in [-0.2, -0.15) is 0 Å². The number of piperidine rings is 1. The fourth-order valence-corrected chi connectivity index (χ4v) is 2.28. The molecule has 0 saturated carbocycles. The van der Waals surface area contributed by atoms with Gasteiger partial charge in [-0.15, -0.1) is 0 Å². The van der Waals surface area contributed by atoms with E-state index in [1.165, 1.54) is 0 Å². The highest BCUT2D eigenvalue weighted by Crippen LogP contribution is 2.21. The third-order valence-corrected chi connectivity index (χ3v) is 3.46. The van der Waals surface area contributed by atoms with Crippen LogP contribution in [0, 0.1) is 5.92 Å². The molecule has 1 saturated heterocycles. The molecule has 0 spiro atoms. The summed E-state index contributed by atoms with van der Waals surface area (Å²) in [5, 5.41) is 9.68. The minimum Gasteiger partial charge on any atom is -0.393 e. The first-order valence-corrected chi connectivity index (χ1v) is 6.16. The predicted molar refractivity (Wildman–Crippen MR) is 69.9 cm³/mol. The number of carbonyl (C=O) groups is 1. The number of aliphatic hydroxyl groups is 1. The van der Waals surface area contributed by atoms with Gasteiger partial charge in [0.05, 0.1) is 17.4 Å². The van der Waals surface area contributed by atoms with Crippen LogP contribution in [-0.4, -0.2) is 35.1 Å². The minimum atomic E-state index is -0.308. The zero-order chi connectivity index (χ0) is 13.1. The van der Waals surface area contributed by atoms with Gasteiger partial charge in [-0.3, -0.25) is 10.6 Å². The second-order valence-corrected chi connectivity index (χ2v) is 4.77. The van der Waals surface area contributed by atoms with Gasteiger partial charge < -0.3 is 15.4 Å². The van der Waals surface area contributed by atoms with E-state index < -0.39 is 0 Å². The lowest BCUT2D eigenvalue weighted by atomic mass is 9.96. The molecule has 1 amide bonds. The largest absolute Gasteiger partial charge is 0.393 e. The highest BCUT2D eigenvalue weighted by atomic mass is 16.3. The van der Waals surface area contributed by atoms with Crippen LogP contribution in [0.3, 0.4) is 0 Å². The van der Waals surface area contributed by atoms with Crippen LogP contribution in [0.5, 0.6) is 0 Å². The summed E-state index contributed by atoms with van der Waals surface area (Å²) in [6.07, 6.45) is 0.322. The van der Waals surface area contributed by atoms with Crippen molar-refractivity contribution in [1.82, 2.24) is 4.90 Å². The van der Waals surface area contributed by atoms with E-state index in [1.54, 1.807) is 17.0 Å². The molecule has 1 aromatic rings. The molecule has 18 heavy (non-hydrogen) atoms. The fraction of sp³-hybridized carbons (Fsp3) is 0.462. The van der Waals surface area contributed by atoms with E-state index in [2.05, 4.69) is 5.43 Å². The van der Waals surface area contributed by atoms with Crippen molar-refractivity contribution >= 4 is 11.6 Å². The zero-order valence-electron chi connectivity index (χ0n) is 10.5. The van der Waals surface area contributed by atoms with Crippen LogP contribution in [0.15, 0.2) is 24.3 Å². The summed E-state index contributed by atoms with van der Waals surface area (Å²) in [6.45, 7) is 3.12. The summed E-state index contributed by atoms with van der Waals surface area (Å²) in [6, 6.07) is 7.17. The number of nitrogens with one attached hydrogen (secondary N) is 1. The molecule has 1 aliphatic heterocycles. The van der Waals surface area contributed by atoms with E-state index in [-0.39, 0.29) is 17.9 Å². The average molecular weight is 249 g/mol. The zero-order valence-corrected chi connectivity index (χ0v) is 10.5. The molecule has 4 N–H and O–H groups in total. The molecule has 2 atom stereocenters. The van der Waals surface area contributed by atoms with Gasteiger partial charge >= 0.3 is 0 Å². The molecular formula is C13H19N3O2. The number of amides is 1. The van der Waals surface area contributed by atoms with Gasteiger partial charge in [0.25, 0.3) is 5.91 Å². The van der Waals surface area contributed by atoms with Crippen LogP contribution < -0.4 is 11.3 Å². The van der Waals surface area contributed by atoms with Gasteiger partial charge in [0, 0.05) is 13.1 Å². The van der Waals surface area contributed by atoms with Crippen molar-refractivity contribution in [2.45, 2.75) is 19.4 Å². The molecule has 2 unspecified atom stereocenters. The Morgan fingerprint density at radius 2 is 2.22 bits per heavy atom. The number of hydrogen-bond acceptors (Lipinski definition) is 4. The smallest absolute Gasteiger partial charge is 0.256 e. The molecular weight excluding hydrogens is 230 g/mol. The maximum absolute atomic E-state index is 12.4. The monoisotopic (exact) mass is 249 g/mol. The van der Waals surface area contributed by atoms with Crippen LogP contribution >= 0.6 is 0 Å². The summed E-state index contributed by atoms with van der Waals surface area (Å²) in [4.78, 5) is 14.2. The van der Waals surface area contributed by atoms with Crippen molar-refractivity contribution in [3.8, 4) is 0 Å². The lowest BCUT2D eigenvalue weighted by Crippen LogP contribution is -2.45. The second-order valence-electron chi connectivity index (χ2n) is 4.77. The van der Waals surface area contributed by atoms with E-state index in [4.69, 9.17) is 5.84 Å². The maximum Gasteiger partial charge on any atom is 0.256 e. The van der Waals surface area contributed by atoms with Gasteiger partial charge in [-0.05, 0) is 24.5 Å². The number of nitrogens with zero attached hydrogens (tertiary/aromatic N) is 1. The Labute approximate surface area is 107 Å². The number of likely N-dealkylation sites (tertiary alicyclic amines) is 1. The van der Waals surface area contributed by atoms with Crippen LogP contribution in [0.25, 0.3) is 0 Å². The number of nitrogens with two attached hydrogens (primary N) is 1. The number of hydrogen-bond donors (Lipinski definition) is 3. The summed E-state index contributed by atoms with van der Waals surface area (Å²) in [5.41, 5.74) is 3.74. The van der Waals surface area contributed by atoms with Gasteiger partial charge in [0.1, 0.15) is 0 Å². The first-order valence-electron chi connectivity index (χ1n) is 6.16. The number of rotatable bonds is 2. The Morgan fingerprint density at radius 3 is 2.89 bits per heavy atom. The van der Waals surface area contributed by atoms with Gasteiger partial charge in [0.2, 0.25) is 0 Å². The molecule has 5 nitrogen and oxygen atoms in total. The summed E-state index contributed by atoms with van der Waals surface area (Å²) in [5.74, 6) is 5.48. The molecule has 0 bridgehead atoms.